The van der Waals surface area contributed by atoms with Gasteiger partial charge in [-0.05, 0) is 44.0 Å². The van der Waals surface area contributed by atoms with Crippen molar-refractivity contribution in [2.24, 2.45) is 0 Å². The minimum absolute atomic E-state index is 0.0171. The first-order valence-corrected chi connectivity index (χ1v) is 14.9. The van der Waals surface area contributed by atoms with Crippen molar-refractivity contribution in [2.45, 2.75) is 104 Å². The van der Waals surface area contributed by atoms with Crippen molar-refractivity contribution in [2.75, 3.05) is 6.61 Å². The summed E-state index contributed by atoms with van der Waals surface area (Å²) in [5.41, 5.74) is 0.502. The Labute approximate surface area is 277 Å². The van der Waals surface area contributed by atoms with Gasteiger partial charge in [0.25, 0.3) is 0 Å². The van der Waals surface area contributed by atoms with Gasteiger partial charge < -0.3 is 43.2 Å². The fourth-order valence-electron chi connectivity index (χ4n) is 4.37. The zero-order chi connectivity index (χ0) is 36.0. The Bertz CT molecular complexity index is 1330. The predicted molar refractivity (Wildman–Crippen MR) is 162 cm³/mol. The zero-order valence-corrected chi connectivity index (χ0v) is 27.6. The molecule has 0 bridgehead atoms. The van der Waals surface area contributed by atoms with Gasteiger partial charge in [-0.2, -0.15) is 0 Å². The van der Waals surface area contributed by atoms with Gasteiger partial charge in [-0.25, -0.2) is 9.59 Å². The van der Waals surface area contributed by atoms with Crippen molar-refractivity contribution in [3.63, 3.8) is 0 Å². The molecule has 264 valence electrons. The predicted octanol–water partition coefficient (Wildman–Crippen LogP) is 2.23. The van der Waals surface area contributed by atoms with Crippen LogP contribution in [-0.2, 0) is 68.5 Å². The molecule has 1 heterocycles. The Kier molecular flexibility index (Phi) is 15.5. The molecule has 1 aliphatic heterocycles. The molecular weight excluding hydrogens is 638 g/mol. The minimum atomic E-state index is -1.44. The summed E-state index contributed by atoms with van der Waals surface area (Å²) in [5, 5.41) is 2.41. The van der Waals surface area contributed by atoms with Crippen LogP contribution in [0.5, 0.6) is 5.75 Å². The van der Waals surface area contributed by atoms with E-state index in [9.17, 15) is 33.6 Å². The van der Waals surface area contributed by atoms with Crippen molar-refractivity contribution in [1.82, 2.24) is 5.32 Å². The lowest BCUT2D eigenvalue weighted by atomic mass is 9.98. The molecule has 16 heteroatoms. The summed E-state index contributed by atoms with van der Waals surface area (Å²) in [4.78, 5) is 84.0. The van der Waals surface area contributed by atoms with E-state index in [1.165, 1.54) is 12.1 Å². The van der Waals surface area contributed by atoms with Gasteiger partial charge in [-0.1, -0.05) is 18.7 Å². The van der Waals surface area contributed by atoms with E-state index in [-0.39, 0.29) is 31.0 Å². The summed E-state index contributed by atoms with van der Waals surface area (Å²) in [6, 6.07) is 4.92. The van der Waals surface area contributed by atoms with Gasteiger partial charge in [0.15, 0.2) is 18.0 Å². The highest BCUT2D eigenvalue weighted by Gasteiger charge is 2.53. The molecule has 1 aliphatic rings. The van der Waals surface area contributed by atoms with Crippen LogP contribution in [0.3, 0.4) is 0 Å². The average Bonchev–Trinajstić information content (AvgIpc) is 2.99. The van der Waals surface area contributed by atoms with E-state index in [1.807, 2.05) is 0 Å². The van der Waals surface area contributed by atoms with Gasteiger partial charge in [-0.3, -0.25) is 24.0 Å². The lowest BCUT2D eigenvalue weighted by Crippen LogP contribution is -2.63. The van der Waals surface area contributed by atoms with E-state index in [0.29, 0.717) is 5.56 Å². The number of carbonyl (C=O) groups excluding carboxylic acids is 7. The van der Waals surface area contributed by atoms with Crippen LogP contribution in [-0.4, -0.2) is 91.2 Å². The van der Waals surface area contributed by atoms with Crippen LogP contribution < -0.4 is 10.1 Å². The SMILES string of the molecule is C=CC(=O)CC[C@H](NC(=O)OCc1ccc(OC2O[C@H](COC(C)=O)[C@H](OC(C)=O)[C@H](OC(C)=O)C2OC(C)=O)cc1)C(=O)OC(C)C. The second-order valence-electron chi connectivity index (χ2n) is 10.8. The third kappa shape index (κ3) is 13.4. The molecule has 2 unspecified atom stereocenters. The number of amides is 1. The Morgan fingerprint density at radius 1 is 0.833 bits per heavy atom. The Balaban J connectivity index is 2.19. The van der Waals surface area contributed by atoms with Crippen LogP contribution in [0.4, 0.5) is 4.79 Å². The van der Waals surface area contributed by atoms with E-state index in [4.69, 9.17) is 37.9 Å². The molecule has 2 rings (SSSR count). The molecule has 1 aromatic rings. The molecule has 0 spiro atoms. The van der Waals surface area contributed by atoms with Crippen molar-refractivity contribution in [3.8, 4) is 5.75 Å². The largest absolute Gasteiger partial charge is 0.463 e. The van der Waals surface area contributed by atoms with E-state index in [1.54, 1.807) is 26.0 Å². The lowest BCUT2D eigenvalue weighted by Gasteiger charge is -2.43. The number of carbonyl (C=O) groups is 7. The first-order chi connectivity index (χ1) is 22.6. The van der Waals surface area contributed by atoms with Crippen LogP contribution in [0, 0.1) is 0 Å². The van der Waals surface area contributed by atoms with Crippen LogP contribution in [0.1, 0.15) is 59.9 Å². The van der Waals surface area contributed by atoms with Gasteiger partial charge in [-0.15, -0.1) is 0 Å². The fourth-order valence-corrected chi connectivity index (χ4v) is 4.37. The summed E-state index contributed by atoms with van der Waals surface area (Å²) >= 11 is 0. The number of allylic oxidation sites excluding steroid dienone is 1. The molecule has 6 atom stereocenters. The molecule has 1 saturated heterocycles. The number of hydrogen-bond donors (Lipinski definition) is 1. The molecular formula is C32H41NO15. The van der Waals surface area contributed by atoms with Crippen LogP contribution in [0.15, 0.2) is 36.9 Å². The minimum Gasteiger partial charge on any atom is -0.463 e. The molecule has 0 radical (unpaired) electrons. The van der Waals surface area contributed by atoms with Gasteiger partial charge in [0.2, 0.25) is 12.4 Å². The topological polar surface area (TPSA) is 205 Å². The number of ether oxygens (including phenoxy) is 8. The Morgan fingerprint density at radius 2 is 1.42 bits per heavy atom. The van der Waals surface area contributed by atoms with Crippen LogP contribution >= 0.6 is 0 Å². The van der Waals surface area contributed by atoms with E-state index in [2.05, 4.69) is 11.9 Å². The van der Waals surface area contributed by atoms with Crippen molar-refractivity contribution < 1.29 is 71.5 Å². The molecule has 0 aromatic heterocycles. The lowest BCUT2D eigenvalue weighted by molar-refractivity contribution is -0.288. The normalized spacial score (nSPS) is 20.7. The number of alkyl carbamates (subject to hydrolysis) is 1. The first-order valence-electron chi connectivity index (χ1n) is 14.9. The summed E-state index contributed by atoms with van der Waals surface area (Å²) in [6.07, 6.45) is -7.10. The monoisotopic (exact) mass is 679 g/mol. The third-order valence-corrected chi connectivity index (χ3v) is 6.33. The second kappa shape index (κ2) is 19.0. The van der Waals surface area contributed by atoms with E-state index in [0.717, 1.165) is 33.8 Å². The molecule has 0 aliphatic carbocycles. The maximum absolute atomic E-state index is 12.5. The summed E-state index contributed by atoms with van der Waals surface area (Å²) in [7, 11) is 0. The van der Waals surface area contributed by atoms with Gasteiger partial charge in [0, 0.05) is 34.1 Å². The maximum Gasteiger partial charge on any atom is 0.408 e. The number of nitrogens with one attached hydrogen (secondary N) is 1. The molecule has 1 aromatic carbocycles. The van der Waals surface area contributed by atoms with Crippen molar-refractivity contribution in [3.05, 3.63) is 42.5 Å². The van der Waals surface area contributed by atoms with Gasteiger partial charge in [0.1, 0.15) is 31.1 Å². The molecule has 48 heavy (non-hydrogen) atoms. The van der Waals surface area contributed by atoms with Gasteiger partial charge in [0.05, 0.1) is 6.10 Å². The van der Waals surface area contributed by atoms with Crippen LogP contribution in [0.2, 0.25) is 0 Å². The average molecular weight is 680 g/mol. The molecule has 0 saturated carbocycles. The number of rotatable bonds is 16. The van der Waals surface area contributed by atoms with Crippen LogP contribution in [0.25, 0.3) is 0 Å². The Hall–Kier alpha value is -4.99. The molecule has 1 N–H and O–H groups in total. The highest BCUT2D eigenvalue weighted by atomic mass is 16.7. The summed E-state index contributed by atoms with van der Waals surface area (Å²) in [5.74, 6) is -3.86. The van der Waals surface area contributed by atoms with E-state index >= 15 is 0 Å². The number of benzene rings is 1. The summed E-state index contributed by atoms with van der Waals surface area (Å²) < 4.78 is 43.4. The van der Waals surface area contributed by atoms with Crippen molar-refractivity contribution >= 4 is 41.7 Å². The molecule has 16 nitrogen and oxygen atoms in total. The number of ketones is 1. The number of esters is 5. The van der Waals surface area contributed by atoms with E-state index < -0.39 is 85.4 Å². The highest BCUT2D eigenvalue weighted by molar-refractivity contribution is 5.90. The zero-order valence-electron chi connectivity index (χ0n) is 27.6. The van der Waals surface area contributed by atoms with Gasteiger partial charge >= 0.3 is 35.9 Å². The standard InChI is InChI=1S/C32H41NO15/c1-8-23(38)11-14-25(30(39)43-17(2)3)33-32(40)42-15-22-9-12-24(13-10-22)47-31-29(46-21(7)37)28(45-20(6)36)27(44-19(5)35)26(48-31)16-41-18(4)34/h8-10,12-13,17,25-29,31H,1,11,14-16H2,2-7H3,(H,33,40)/t25-,26+,27-,28-,29?,31?/m0/s1. The number of hydrogen-bond acceptors (Lipinski definition) is 15. The molecule has 1 fully saturated rings. The molecule has 1 amide bonds. The first kappa shape index (κ1) is 39.2. The third-order valence-electron chi connectivity index (χ3n) is 6.33. The Morgan fingerprint density at radius 3 is 1.96 bits per heavy atom. The summed E-state index contributed by atoms with van der Waals surface area (Å²) in [6.45, 7) is 10.5. The smallest absolute Gasteiger partial charge is 0.408 e. The maximum atomic E-state index is 12.5. The highest BCUT2D eigenvalue weighted by Crippen LogP contribution is 2.31. The quantitative estimate of drug-likeness (QED) is 0.151. The van der Waals surface area contributed by atoms with Crippen molar-refractivity contribution in [1.29, 1.82) is 0 Å². The second-order valence-corrected chi connectivity index (χ2v) is 10.8. The fraction of sp³-hybridized carbons (Fsp3) is 0.531.